The number of rotatable bonds is 5. The van der Waals surface area contributed by atoms with Crippen LogP contribution in [0.1, 0.15) is 39.0 Å². The molecule has 1 saturated carbocycles. The second-order valence-electron chi connectivity index (χ2n) is 6.88. The topological polar surface area (TPSA) is 83.6 Å². The number of hydrogen-bond acceptors (Lipinski definition) is 5. The molecule has 1 aliphatic carbocycles. The highest BCUT2D eigenvalue weighted by atomic mass is 35.5. The van der Waals surface area contributed by atoms with Crippen LogP contribution in [0, 0.1) is 11.3 Å². The Morgan fingerprint density at radius 1 is 1.30 bits per heavy atom. The summed E-state index contributed by atoms with van der Waals surface area (Å²) in [6, 6.07) is 9.71. The van der Waals surface area contributed by atoms with Crippen molar-refractivity contribution < 1.29 is 4.79 Å². The molecular formula is C19H22ClN5OS. The third-order valence-corrected chi connectivity index (χ3v) is 6.26. The van der Waals surface area contributed by atoms with Gasteiger partial charge in [0, 0.05) is 17.6 Å². The minimum absolute atomic E-state index is 0.139. The van der Waals surface area contributed by atoms with Gasteiger partial charge in [0.1, 0.15) is 5.54 Å². The third kappa shape index (κ3) is 4.45. The van der Waals surface area contributed by atoms with E-state index in [4.69, 9.17) is 11.6 Å². The number of nitrogens with one attached hydrogen (secondary N) is 1. The maximum Gasteiger partial charge on any atom is 0.234 e. The van der Waals surface area contributed by atoms with Crippen LogP contribution in [-0.2, 0) is 11.8 Å². The maximum atomic E-state index is 12.7. The van der Waals surface area contributed by atoms with Gasteiger partial charge in [-0.05, 0) is 44.0 Å². The SMILES string of the molecule is C[C@@H](Sc1nnc(-c2ccc(Cl)cc2)n1C)C(=O)NC1(C#N)CCCCC1. The number of aromatic nitrogens is 3. The lowest BCUT2D eigenvalue weighted by molar-refractivity contribution is -0.121. The molecule has 1 aromatic carbocycles. The van der Waals surface area contributed by atoms with Gasteiger partial charge in [-0.15, -0.1) is 10.2 Å². The molecule has 0 unspecified atom stereocenters. The van der Waals surface area contributed by atoms with E-state index in [2.05, 4.69) is 21.6 Å². The van der Waals surface area contributed by atoms with Crippen LogP contribution in [0.2, 0.25) is 5.02 Å². The third-order valence-electron chi connectivity index (χ3n) is 4.87. The predicted octanol–water partition coefficient (Wildman–Crippen LogP) is 3.96. The molecule has 6 nitrogen and oxygen atoms in total. The van der Waals surface area contributed by atoms with E-state index >= 15 is 0 Å². The number of benzene rings is 1. The van der Waals surface area contributed by atoms with Gasteiger partial charge in [-0.3, -0.25) is 4.79 Å². The van der Waals surface area contributed by atoms with E-state index in [9.17, 15) is 10.1 Å². The van der Waals surface area contributed by atoms with Gasteiger partial charge in [0.2, 0.25) is 5.91 Å². The Labute approximate surface area is 168 Å². The number of carbonyl (C=O) groups is 1. The highest BCUT2D eigenvalue weighted by Crippen LogP contribution is 2.30. The van der Waals surface area contributed by atoms with Crippen molar-refractivity contribution in [2.75, 3.05) is 0 Å². The first-order valence-electron chi connectivity index (χ1n) is 8.99. The largest absolute Gasteiger partial charge is 0.337 e. The van der Waals surface area contributed by atoms with Crippen LogP contribution in [0.15, 0.2) is 29.4 Å². The number of carbonyl (C=O) groups excluding carboxylic acids is 1. The van der Waals surface area contributed by atoms with E-state index in [0.717, 1.165) is 37.7 Å². The average molecular weight is 404 g/mol. The van der Waals surface area contributed by atoms with Crippen molar-refractivity contribution in [3.63, 3.8) is 0 Å². The Hall–Kier alpha value is -2.04. The van der Waals surface area contributed by atoms with Crippen molar-refractivity contribution in [2.24, 2.45) is 7.05 Å². The summed E-state index contributed by atoms with van der Waals surface area (Å²) in [6.07, 6.45) is 4.51. The van der Waals surface area contributed by atoms with Crippen LogP contribution in [-0.4, -0.2) is 31.5 Å². The first kappa shape index (κ1) is 19.7. The van der Waals surface area contributed by atoms with Crippen molar-refractivity contribution in [3.8, 4) is 17.5 Å². The fourth-order valence-corrected chi connectivity index (χ4v) is 4.18. The molecule has 1 heterocycles. The number of nitrogens with zero attached hydrogens (tertiary/aromatic N) is 4. The normalized spacial score (nSPS) is 17.1. The first-order chi connectivity index (χ1) is 12.9. The van der Waals surface area contributed by atoms with Gasteiger partial charge in [-0.25, -0.2) is 0 Å². The second-order valence-corrected chi connectivity index (χ2v) is 8.62. The molecule has 1 aliphatic rings. The summed E-state index contributed by atoms with van der Waals surface area (Å²) >= 11 is 7.27. The van der Waals surface area contributed by atoms with Crippen molar-refractivity contribution >= 4 is 29.3 Å². The highest BCUT2D eigenvalue weighted by Gasteiger charge is 2.35. The summed E-state index contributed by atoms with van der Waals surface area (Å²) in [5, 5.41) is 21.9. The molecule has 8 heteroatoms. The lowest BCUT2D eigenvalue weighted by atomic mass is 9.83. The lowest BCUT2D eigenvalue weighted by Gasteiger charge is -2.32. The van der Waals surface area contributed by atoms with Gasteiger partial charge in [0.15, 0.2) is 11.0 Å². The summed E-state index contributed by atoms with van der Waals surface area (Å²) in [4.78, 5) is 12.7. The molecule has 0 radical (unpaired) electrons. The van der Waals surface area contributed by atoms with E-state index < -0.39 is 5.54 Å². The maximum absolute atomic E-state index is 12.7. The summed E-state index contributed by atoms with van der Waals surface area (Å²) in [5.74, 6) is 0.571. The van der Waals surface area contributed by atoms with Gasteiger partial charge in [-0.2, -0.15) is 5.26 Å². The zero-order chi connectivity index (χ0) is 19.4. The molecule has 1 fully saturated rings. The van der Waals surface area contributed by atoms with Crippen LogP contribution in [0.25, 0.3) is 11.4 Å². The summed E-state index contributed by atoms with van der Waals surface area (Å²) in [5.41, 5.74) is 0.183. The average Bonchev–Trinajstić information content (AvgIpc) is 3.03. The van der Waals surface area contributed by atoms with E-state index in [1.54, 1.807) is 12.1 Å². The van der Waals surface area contributed by atoms with Crippen molar-refractivity contribution in [1.82, 2.24) is 20.1 Å². The fraction of sp³-hybridized carbons (Fsp3) is 0.474. The van der Waals surface area contributed by atoms with E-state index in [1.807, 2.05) is 30.7 Å². The van der Waals surface area contributed by atoms with Gasteiger partial charge >= 0.3 is 0 Å². The van der Waals surface area contributed by atoms with Gasteiger partial charge in [-0.1, -0.05) is 42.6 Å². The standard InChI is InChI=1S/C19H22ClN5OS/c1-13(17(26)22-19(12-21)10-4-3-5-11-19)27-18-24-23-16(25(18)2)14-6-8-15(20)9-7-14/h6-9,13H,3-5,10-11H2,1-2H3,(H,22,26)/t13-/m1/s1. The summed E-state index contributed by atoms with van der Waals surface area (Å²) < 4.78 is 1.86. The number of halogens is 1. The Bertz CT molecular complexity index is 852. The molecule has 1 N–H and O–H groups in total. The number of thioether (sulfide) groups is 1. The first-order valence-corrected chi connectivity index (χ1v) is 10.3. The van der Waals surface area contributed by atoms with Crippen LogP contribution >= 0.6 is 23.4 Å². The molecule has 1 amide bonds. The molecule has 0 saturated heterocycles. The predicted molar refractivity (Wildman–Crippen MR) is 106 cm³/mol. The van der Waals surface area contributed by atoms with Crippen LogP contribution in [0.3, 0.4) is 0 Å². The molecule has 27 heavy (non-hydrogen) atoms. The molecule has 0 bridgehead atoms. The Balaban J connectivity index is 1.69. The van der Waals surface area contributed by atoms with Crippen molar-refractivity contribution in [1.29, 1.82) is 5.26 Å². The molecule has 3 rings (SSSR count). The van der Waals surface area contributed by atoms with Gasteiger partial charge < -0.3 is 9.88 Å². The number of hydrogen-bond donors (Lipinski definition) is 1. The monoisotopic (exact) mass is 403 g/mol. The molecule has 1 aromatic heterocycles. The quantitative estimate of drug-likeness (QED) is 0.764. The molecular weight excluding hydrogens is 382 g/mol. The van der Waals surface area contributed by atoms with E-state index in [1.165, 1.54) is 11.8 Å². The minimum atomic E-state index is -0.724. The second kappa shape index (κ2) is 8.32. The minimum Gasteiger partial charge on any atom is -0.337 e. The van der Waals surface area contributed by atoms with Crippen molar-refractivity contribution in [2.45, 2.75) is 55.0 Å². The fourth-order valence-electron chi connectivity index (χ4n) is 3.24. The van der Waals surface area contributed by atoms with Crippen molar-refractivity contribution in [3.05, 3.63) is 29.3 Å². The Morgan fingerprint density at radius 3 is 2.59 bits per heavy atom. The zero-order valence-electron chi connectivity index (χ0n) is 15.4. The number of nitriles is 1. The molecule has 0 aliphatic heterocycles. The smallest absolute Gasteiger partial charge is 0.234 e. The van der Waals surface area contributed by atoms with E-state index in [0.29, 0.717) is 16.0 Å². The molecule has 142 valence electrons. The highest BCUT2D eigenvalue weighted by molar-refractivity contribution is 8.00. The zero-order valence-corrected chi connectivity index (χ0v) is 17.0. The van der Waals surface area contributed by atoms with Crippen LogP contribution in [0.5, 0.6) is 0 Å². The summed E-state index contributed by atoms with van der Waals surface area (Å²) in [7, 11) is 1.87. The Morgan fingerprint density at radius 2 is 1.96 bits per heavy atom. The van der Waals surface area contributed by atoms with Crippen LogP contribution in [0.4, 0.5) is 0 Å². The number of amides is 1. The lowest BCUT2D eigenvalue weighted by Crippen LogP contribution is -2.50. The van der Waals surface area contributed by atoms with E-state index in [-0.39, 0.29) is 11.2 Å². The van der Waals surface area contributed by atoms with Gasteiger partial charge in [0.25, 0.3) is 0 Å². The Kier molecular flexibility index (Phi) is 6.08. The molecule has 1 atom stereocenters. The van der Waals surface area contributed by atoms with Crippen LogP contribution < -0.4 is 5.32 Å². The molecule has 0 spiro atoms. The summed E-state index contributed by atoms with van der Waals surface area (Å²) in [6.45, 7) is 1.82. The molecule has 2 aromatic rings. The van der Waals surface area contributed by atoms with Gasteiger partial charge in [0.05, 0.1) is 11.3 Å².